The van der Waals surface area contributed by atoms with Crippen molar-refractivity contribution >= 4 is 20.6 Å². The third kappa shape index (κ3) is 3.17. The van der Waals surface area contributed by atoms with Gasteiger partial charge in [0.2, 0.25) is 4.69 Å². The highest BCUT2D eigenvalue weighted by Gasteiger charge is 2.11. The first-order valence-corrected chi connectivity index (χ1v) is 6.12. The van der Waals surface area contributed by atoms with Crippen molar-refractivity contribution in [1.82, 2.24) is 0 Å². The maximum Gasteiger partial charge on any atom is 0.231 e. The second kappa shape index (κ2) is 5.78. The van der Waals surface area contributed by atoms with Crippen molar-refractivity contribution in [2.45, 2.75) is 6.61 Å². The maximum atomic E-state index is 13.1. The molecule has 18 heavy (non-hydrogen) atoms. The molecule has 0 amide bonds. The Hall–Kier alpha value is -1.68. The number of rotatable bonds is 4. The van der Waals surface area contributed by atoms with Gasteiger partial charge in [-0.25, -0.2) is 4.39 Å². The lowest BCUT2D eigenvalue weighted by Gasteiger charge is -2.09. The molecule has 0 bridgehead atoms. The molecule has 2 rings (SSSR count). The highest BCUT2D eigenvalue weighted by Crippen LogP contribution is 2.23. The Morgan fingerprint density at radius 2 is 1.89 bits per heavy atom. The van der Waals surface area contributed by atoms with Gasteiger partial charge in [-0.3, -0.25) is 4.79 Å². The van der Waals surface area contributed by atoms with Crippen molar-refractivity contribution < 1.29 is 13.9 Å². The Kier molecular flexibility index (Phi) is 4.10. The number of carbonyl (C=O) groups is 1. The van der Waals surface area contributed by atoms with Gasteiger partial charge in [-0.15, -0.1) is 0 Å². The lowest BCUT2D eigenvalue weighted by atomic mass is 10.2. The number of benzene rings is 2. The number of hydrogen-bond acceptors (Lipinski definition) is 2. The Labute approximate surface area is 113 Å². The lowest BCUT2D eigenvalue weighted by molar-refractivity contribution is 0.109. The summed E-state index contributed by atoms with van der Waals surface area (Å²) in [5, 5.41) is 0. The van der Waals surface area contributed by atoms with Gasteiger partial charge >= 0.3 is 0 Å². The highest BCUT2D eigenvalue weighted by atomic mass is 79.9. The number of hydrogen-bond donors (Lipinski definition) is 0. The summed E-state index contributed by atoms with van der Waals surface area (Å²) in [7, 11) is 0. The fraction of sp³-hybridized carbons (Fsp3) is 0.0714. The third-order valence-electron chi connectivity index (χ3n) is 2.39. The molecule has 0 N–H and O–H groups in total. The van der Waals surface area contributed by atoms with E-state index in [1.807, 2.05) is 30.3 Å². The fourth-order valence-electron chi connectivity index (χ4n) is 1.51. The second-order valence-corrected chi connectivity index (χ2v) is 4.41. The predicted molar refractivity (Wildman–Crippen MR) is 70.4 cm³/mol. The number of ether oxygens (including phenoxy) is 1. The van der Waals surface area contributed by atoms with Crippen LogP contribution in [-0.2, 0) is 6.61 Å². The SMILES string of the molecule is O=C(Br)c1ccc(F)cc1OCc1ccccc1. The van der Waals surface area contributed by atoms with E-state index < -0.39 is 5.82 Å². The smallest absolute Gasteiger partial charge is 0.231 e. The maximum absolute atomic E-state index is 13.1. The van der Waals surface area contributed by atoms with Crippen molar-refractivity contribution in [3.05, 3.63) is 65.5 Å². The molecule has 0 aromatic heterocycles. The zero-order chi connectivity index (χ0) is 13.0. The van der Waals surface area contributed by atoms with E-state index in [1.165, 1.54) is 18.2 Å². The van der Waals surface area contributed by atoms with Crippen LogP contribution in [0.5, 0.6) is 5.75 Å². The highest BCUT2D eigenvalue weighted by molar-refractivity contribution is 9.18. The Morgan fingerprint density at radius 1 is 1.17 bits per heavy atom. The minimum atomic E-state index is -0.435. The molecular weight excluding hydrogens is 299 g/mol. The summed E-state index contributed by atoms with van der Waals surface area (Å²) in [6, 6.07) is 13.3. The number of carbonyl (C=O) groups excluding carboxylic acids is 1. The van der Waals surface area contributed by atoms with Crippen molar-refractivity contribution in [3.8, 4) is 5.75 Å². The van der Waals surface area contributed by atoms with Gasteiger partial charge in [0, 0.05) is 6.07 Å². The van der Waals surface area contributed by atoms with Crippen LogP contribution in [0, 0.1) is 5.82 Å². The van der Waals surface area contributed by atoms with Gasteiger partial charge in [-0.05, 0) is 33.6 Å². The summed E-state index contributed by atoms with van der Waals surface area (Å²) in [5.74, 6) is -0.198. The Morgan fingerprint density at radius 3 is 2.56 bits per heavy atom. The molecule has 0 saturated heterocycles. The molecule has 4 heteroatoms. The quantitative estimate of drug-likeness (QED) is 0.800. The van der Waals surface area contributed by atoms with E-state index in [-0.39, 0.29) is 17.0 Å². The van der Waals surface area contributed by atoms with Gasteiger partial charge in [0.15, 0.2) is 0 Å². The van der Waals surface area contributed by atoms with E-state index in [0.717, 1.165) is 5.56 Å². The monoisotopic (exact) mass is 308 g/mol. The summed E-state index contributed by atoms with van der Waals surface area (Å²) in [4.78, 5) is 11.3. The molecule has 2 aromatic carbocycles. The molecule has 0 aliphatic heterocycles. The van der Waals surface area contributed by atoms with Crippen LogP contribution >= 0.6 is 15.9 Å². The zero-order valence-corrected chi connectivity index (χ0v) is 11.0. The van der Waals surface area contributed by atoms with Gasteiger partial charge < -0.3 is 4.74 Å². The van der Waals surface area contributed by atoms with Crippen molar-refractivity contribution in [2.75, 3.05) is 0 Å². The first-order valence-electron chi connectivity index (χ1n) is 5.33. The fourth-order valence-corrected chi connectivity index (χ4v) is 1.84. The van der Waals surface area contributed by atoms with Crippen molar-refractivity contribution in [1.29, 1.82) is 0 Å². The molecule has 0 spiro atoms. The van der Waals surface area contributed by atoms with Crippen LogP contribution in [0.25, 0.3) is 0 Å². The lowest BCUT2D eigenvalue weighted by Crippen LogP contribution is -2.00. The van der Waals surface area contributed by atoms with E-state index in [4.69, 9.17) is 4.74 Å². The average Bonchev–Trinajstić information content (AvgIpc) is 2.37. The zero-order valence-electron chi connectivity index (χ0n) is 9.40. The van der Waals surface area contributed by atoms with Crippen LogP contribution in [-0.4, -0.2) is 4.69 Å². The van der Waals surface area contributed by atoms with Crippen LogP contribution in [0.1, 0.15) is 15.9 Å². The van der Waals surface area contributed by atoms with E-state index in [2.05, 4.69) is 15.9 Å². The normalized spacial score (nSPS) is 10.1. The molecule has 2 aromatic rings. The van der Waals surface area contributed by atoms with Gasteiger partial charge in [-0.1, -0.05) is 30.3 Å². The van der Waals surface area contributed by atoms with Crippen LogP contribution in [0.2, 0.25) is 0 Å². The number of halogens is 2. The van der Waals surface area contributed by atoms with Crippen LogP contribution < -0.4 is 4.74 Å². The molecule has 0 saturated carbocycles. The summed E-state index contributed by atoms with van der Waals surface area (Å²) in [5.41, 5.74) is 1.27. The molecule has 0 atom stereocenters. The molecule has 0 fully saturated rings. The molecule has 0 heterocycles. The standard InChI is InChI=1S/C14H10BrFO2/c15-14(17)12-7-6-11(16)8-13(12)18-9-10-4-2-1-3-5-10/h1-8H,9H2. The van der Waals surface area contributed by atoms with Gasteiger partial charge in [-0.2, -0.15) is 0 Å². The minimum absolute atomic E-state index is 0.237. The van der Waals surface area contributed by atoms with E-state index in [0.29, 0.717) is 5.56 Å². The molecule has 92 valence electrons. The second-order valence-electron chi connectivity index (χ2n) is 3.69. The van der Waals surface area contributed by atoms with Gasteiger partial charge in [0.05, 0.1) is 5.56 Å². The van der Waals surface area contributed by atoms with Crippen molar-refractivity contribution in [3.63, 3.8) is 0 Å². The average molecular weight is 309 g/mol. The van der Waals surface area contributed by atoms with Gasteiger partial charge in [0.1, 0.15) is 18.2 Å². The molecule has 0 unspecified atom stereocenters. The third-order valence-corrected chi connectivity index (χ3v) is 2.82. The van der Waals surface area contributed by atoms with Crippen molar-refractivity contribution in [2.24, 2.45) is 0 Å². The first-order chi connectivity index (χ1) is 8.66. The molecule has 0 aliphatic rings. The molecule has 0 radical (unpaired) electrons. The van der Waals surface area contributed by atoms with E-state index in [1.54, 1.807) is 0 Å². The topological polar surface area (TPSA) is 26.3 Å². The van der Waals surface area contributed by atoms with Crippen LogP contribution in [0.4, 0.5) is 4.39 Å². The largest absolute Gasteiger partial charge is 0.488 e. The predicted octanol–water partition coefficient (Wildman–Crippen LogP) is 3.94. The molecular formula is C14H10BrFO2. The van der Waals surface area contributed by atoms with E-state index in [9.17, 15) is 9.18 Å². The summed E-state index contributed by atoms with van der Waals surface area (Å²) in [6.45, 7) is 0.289. The minimum Gasteiger partial charge on any atom is -0.488 e. The Balaban J connectivity index is 2.18. The van der Waals surface area contributed by atoms with Crippen LogP contribution in [0.15, 0.2) is 48.5 Å². The van der Waals surface area contributed by atoms with E-state index >= 15 is 0 Å². The summed E-state index contributed by atoms with van der Waals surface area (Å²) >= 11 is 2.84. The summed E-state index contributed by atoms with van der Waals surface area (Å²) < 4.78 is 18.3. The molecule has 0 aliphatic carbocycles. The summed E-state index contributed by atoms with van der Waals surface area (Å²) in [6.07, 6.45) is 0. The Bertz CT molecular complexity index is 555. The first kappa shape index (κ1) is 12.8. The van der Waals surface area contributed by atoms with Gasteiger partial charge in [0.25, 0.3) is 0 Å². The molecule has 2 nitrogen and oxygen atoms in total. The van der Waals surface area contributed by atoms with Crippen LogP contribution in [0.3, 0.4) is 0 Å².